The van der Waals surface area contributed by atoms with Crippen molar-refractivity contribution in [1.29, 1.82) is 0 Å². The van der Waals surface area contributed by atoms with E-state index < -0.39 is 0 Å². The standard InChI is InChI=1S/C15H22.C15H24.2C13H20.4C10H20.16CH3.4Hf/c1-10-4-5-11-6-12-8-15(2,3)9-13(12)7-14(10)11;1-2-3-4-5-8-13-11-12-14-9-6-7-10-15(13)14;1-10(2)9-12-8-7-11-5-3-4-6-13(11)12;1-2-3-6-11-9-10-12-7-4-5-8-13(11)12;4*1-6-7(2)9(4)10(5)8(6)3;;;;;;;;;;;;;;;;;;;;/h6-7,10-11,14H,4-5,8-9H2,1-3H3;6-7,9-10,13-15H,2-5,8,11-12H2,1H3;3-6,10-13H,7-9H2,1-2H3;4-5,7-8,11-13H,2-3,6,9-10H2,1H3;4*6-10H,1-5H3;16*1H3;;;;/q;;;;;;;;16*-1;4*+4. The van der Waals surface area contributed by atoms with Gasteiger partial charge in [0.1, 0.15) is 0 Å². The third-order valence-electron chi connectivity index (χ3n) is 32.5. The summed E-state index contributed by atoms with van der Waals surface area (Å²) in [7, 11) is 0. The van der Waals surface area contributed by atoms with E-state index in [1.54, 1.807) is 11.1 Å². The van der Waals surface area contributed by atoms with Gasteiger partial charge in [-0.05, 0) is 295 Å². The molecule has 0 spiro atoms. The van der Waals surface area contributed by atoms with E-state index in [9.17, 15) is 0 Å². The fraction of sp³-hybridized carbons (Fsp3) is 0.714. The first-order valence-corrected chi connectivity index (χ1v) is 42.8. The Balaban J connectivity index is -0.0000000758. The minimum Gasteiger partial charge on any atom is -0.358 e. The molecule has 9 saturated carbocycles. The smallest absolute Gasteiger partial charge is 0.358 e. The van der Waals surface area contributed by atoms with Crippen LogP contribution in [0.25, 0.3) is 0 Å². The Morgan fingerprint density at radius 3 is 0.767 bits per heavy atom. The molecular formula is C112H214Hf4. The van der Waals surface area contributed by atoms with Gasteiger partial charge in [0.25, 0.3) is 0 Å². The Labute approximate surface area is 819 Å². The van der Waals surface area contributed by atoms with Crippen molar-refractivity contribution in [1.82, 2.24) is 0 Å². The molecule has 0 saturated heterocycles. The molecule has 13 aliphatic carbocycles. The first kappa shape index (κ1) is 152. The molecule has 13 aliphatic rings. The van der Waals surface area contributed by atoms with Crippen LogP contribution in [0.5, 0.6) is 0 Å². The first-order chi connectivity index (χ1) is 45.4. The number of allylic oxidation sites excluding steroid dienone is 16. The van der Waals surface area contributed by atoms with Gasteiger partial charge in [-0.1, -0.05) is 311 Å². The third kappa shape index (κ3) is 41.7. The van der Waals surface area contributed by atoms with Crippen molar-refractivity contribution in [2.45, 2.75) is 309 Å². The van der Waals surface area contributed by atoms with Crippen LogP contribution < -0.4 is 0 Å². The Kier molecular flexibility index (Phi) is 95.9. The monoisotopic (exact) mass is 2280 g/mol. The number of hydrogen-bond donors (Lipinski definition) is 0. The topological polar surface area (TPSA) is 0 Å². The molecule has 0 amide bonds. The molecule has 0 bridgehead atoms. The number of unbranched alkanes of at least 4 members (excludes halogenated alkanes) is 4. The molecule has 4 heteroatoms. The Morgan fingerprint density at radius 1 is 0.267 bits per heavy atom. The van der Waals surface area contributed by atoms with Crippen LogP contribution in [-0.2, 0) is 103 Å². The van der Waals surface area contributed by atoms with E-state index in [2.05, 4.69) is 272 Å². The van der Waals surface area contributed by atoms with Gasteiger partial charge >= 0.3 is 103 Å². The van der Waals surface area contributed by atoms with Crippen LogP contribution in [0.2, 0.25) is 0 Å². The van der Waals surface area contributed by atoms with Gasteiger partial charge in [-0.2, -0.15) is 0 Å². The zero-order chi connectivity index (χ0) is 71.0. The van der Waals surface area contributed by atoms with Crippen molar-refractivity contribution < 1.29 is 103 Å². The van der Waals surface area contributed by atoms with Crippen molar-refractivity contribution in [2.24, 2.45) is 201 Å². The van der Waals surface area contributed by atoms with E-state index in [1.165, 1.54) is 122 Å². The second-order valence-electron chi connectivity index (χ2n) is 38.5. The summed E-state index contributed by atoms with van der Waals surface area (Å²) in [5.41, 5.74) is 3.91. The van der Waals surface area contributed by atoms with Gasteiger partial charge in [-0.15, -0.1) is 0 Å². The SMILES string of the molecule is CC(C)CC1CCC2C=CC=CC21.CC1C(C)C(C)C(C)C1C.CC1C(C)C(C)C(C)C1C.CC1C(C)C(C)C(C)C1C.CC1C(C)C(C)C(C)C1C.CC1CCC2C=C3CC(C)(C)CC3=CC12.CCCCC1CCC2C=CC=CC21.CCCCCCC1CCC2C=CC=CC21.[CH3-].[CH3-].[CH3-].[CH3-].[CH3-].[CH3-].[CH3-].[CH3-].[CH3-].[CH3-].[CH3-].[CH3-].[CH3-].[CH3-].[CH3-].[CH3-].[Hf+4].[Hf+4].[Hf+4].[Hf+4]. The quantitative estimate of drug-likeness (QED) is 0.116. The molecule has 0 aromatic rings. The van der Waals surface area contributed by atoms with Crippen molar-refractivity contribution in [2.75, 3.05) is 0 Å². The Morgan fingerprint density at radius 2 is 0.500 bits per heavy atom. The fourth-order valence-corrected chi connectivity index (χ4v) is 22.5. The minimum atomic E-state index is 0. The predicted molar refractivity (Wildman–Crippen MR) is 532 cm³/mol. The number of rotatable bonds is 10. The fourth-order valence-electron chi connectivity index (χ4n) is 22.5. The average molecular weight is 2270 g/mol. The third-order valence-corrected chi connectivity index (χ3v) is 32.5. The van der Waals surface area contributed by atoms with Gasteiger partial charge in [-0.3, -0.25) is 0 Å². The molecule has 12 atom stereocenters. The first-order valence-electron chi connectivity index (χ1n) is 42.8. The normalized spacial score (nSPS) is 37.1. The average Bonchev–Trinajstić information content (AvgIpc) is 1.63. The second-order valence-corrected chi connectivity index (χ2v) is 38.5. The summed E-state index contributed by atoms with van der Waals surface area (Å²) in [4.78, 5) is 0. The molecule has 0 N–H and O–H groups in total. The van der Waals surface area contributed by atoms with Gasteiger partial charge in [0.05, 0.1) is 0 Å². The molecular weight excluding hydrogens is 2060 g/mol. The van der Waals surface area contributed by atoms with Gasteiger partial charge in [-0.25, -0.2) is 0 Å². The molecule has 9 fully saturated rings. The van der Waals surface area contributed by atoms with Crippen molar-refractivity contribution >= 4 is 0 Å². The zero-order valence-electron chi connectivity index (χ0n) is 87.1. The summed E-state index contributed by atoms with van der Waals surface area (Å²) in [6, 6.07) is 0. The van der Waals surface area contributed by atoms with Gasteiger partial charge < -0.3 is 119 Å². The summed E-state index contributed by atoms with van der Waals surface area (Å²) in [6.07, 6.45) is 60.2. The summed E-state index contributed by atoms with van der Waals surface area (Å²) >= 11 is 0. The van der Waals surface area contributed by atoms with Crippen LogP contribution in [0.1, 0.15) is 309 Å². The van der Waals surface area contributed by atoms with Gasteiger partial charge in [0.2, 0.25) is 0 Å². The molecule has 0 heterocycles. The largest absolute Gasteiger partial charge is 4.00 e. The molecule has 13 rings (SSSR count). The predicted octanol–water partition coefficient (Wildman–Crippen LogP) is 36.7. The van der Waals surface area contributed by atoms with Crippen molar-refractivity contribution in [3.63, 3.8) is 0 Å². The molecule has 0 aromatic heterocycles. The Hall–Kier alpha value is 1.40. The molecule has 0 aromatic carbocycles. The number of fused-ring (bicyclic) bond motifs is 5. The summed E-state index contributed by atoms with van der Waals surface area (Å²) < 4.78 is 0. The molecule has 0 radical (unpaired) electrons. The van der Waals surface area contributed by atoms with Crippen LogP contribution in [0.3, 0.4) is 0 Å². The van der Waals surface area contributed by atoms with E-state index in [0.29, 0.717) is 5.41 Å². The van der Waals surface area contributed by atoms with Crippen molar-refractivity contribution in [3.8, 4) is 0 Å². The van der Waals surface area contributed by atoms with Gasteiger partial charge in [0, 0.05) is 0 Å². The Bertz CT molecular complexity index is 2200. The molecule has 12 unspecified atom stereocenters. The number of hydrogen-bond acceptors (Lipinski definition) is 0. The van der Waals surface area contributed by atoms with Crippen LogP contribution in [0, 0.1) is 320 Å². The second kappa shape index (κ2) is 73.3. The zero-order valence-corrected chi connectivity index (χ0v) is 101. The van der Waals surface area contributed by atoms with Crippen LogP contribution in [0.4, 0.5) is 0 Å². The van der Waals surface area contributed by atoms with Crippen LogP contribution >= 0.6 is 0 Å². The summed E-state index contributed by atoms with van der Waals surface area (Å²) in [6.45, 7) is 64.5. The van der Waals surface area contributed by atoms with E-state index in [4.69, 9.17) is 0 Å². The van der Waals surface area contributed by atoms with E-state index in [0.717, 1.165) is 195 Å². The maximum absolute atomic E-state index is 2.63. The maximum atomic E-state index is 2.63. The van der Waals surface area contributed by atoms with Crippen molar-refractivity contribution in [3.05, 3.63) is 215 Å². The van der Waals surface area contributed by atoms with Gasteiger partial charge in [0.15, 0.2) is 0 Å². The molecule has 0 nitrogen and oxygen atoms in total. The summed E-state index contributed by atoms with van der Waals surface area (Å²) in [5.74, 6) is 30.5. The molecule has 678 valence electrons. The van der Waals surface area contributed by atoms with E-state index >= 15 is 0 Å². The summed E-state index contributed by atoms with van der Waals surface area (Å²) in [5, 5.41) is 0. The minimum absolute atomic E-state index is 0. The van der Waals surface area contributed by atoms with E-state index in [1.807, 2.05) is 0 Å². The maximum Gasteiger partial charge on any atom is 4.00 e. The van der Waals surface area contributed by atoms with Crippen LogP contribution in [0.15, 0.2) is 96.2 Å². The molecule has 0 aliphatic heterocycles. The molecule has 116 heavy (non-hydrogen) atoms. The van der Waals surface area contributed by atoms with Crippen LogP contribution in [-0.4, -0.2) is 0 Å². The van der Waals surface area contributed by atoms with E-state index in [-0.39, 0.29) is 222 Å².